The highest BCUT2D eigenvalue weighted by Crippen LogP contribution is 2.47. The number of hydrogen-bond donors (Lipinski definition) is 2. The molecule has 0 aromatic heterocycles. The van der Waals surface area contributed by atoms with Gasteiger partial charge >= 0.3 is 0 Å². The monoisotopic (exact) mass is 734 g/mol. The van der Waals surface area contributed by atoms with E-state index in [0.29, 0.717) is 72.1 Å². The van der Waals surface area contributed by atoms with Gasteiger partial charge in [-0.1, -0.05) is 79.8 Å². The second-order valence-electron chi connectivity index (χ2n) is 13.7. The molecule has 0 spiro atoms. The molecule has 2 aliphatic heterocycles. The molecule has 3 atom stereocenters. The molecule has 260 valence electrons. The number of carbonyl (C=O) groups is 1. The number of nitrogens with zero attached hydrogens (tertiary/aromatic N) is 2. The van der Waals surface area contributed by atoms with E-state index in [4.69, 9.17) is 39.5 Å². The number of carbonyl (C=O) groups excluding carboxylic acids is 1. The standard InChI is InChI=1S/C36H45Cl3N4O4S/c1-6-47-31-23-28(35(2,3)4)30(39)22-29(31)36(34(44)43-19-17-42(18-20-43)16-7-21-48(5,45)46)40-32(24-8-12-26(37)13-9-24)33(41-36)25-10-14-27(38)15-11-25/h8-15,22-23,32-33,40-41H,6-7,16-21H2,1-5H3/t32-,33+,36?. The van der Waals surface area contributed by atoms with Crippen LogP contribution in [0.15, 0.2) is 60.7 Å². The lowest BCUT2D eigenvalue weighted by atomic mass is 9.84. The van der Waals surface area contributed by atoms with Gasteiger partial charge in [0.15, 0.2) is 5.66 Å². The van der Waals surface area contributed by atoms with E-state index in [2.05, 4.69) is 36.3 Å². The first kappa shape index (κ1) is 36.9. The van der Waals surface area contributed by atoms with Gasteiger partial charge in [0.05, 0.1) is 24.4 Å². The van der Waals surface area contributed by atoms with Crippen molar-refractivity contribution >= 4 is 50.5 Å². The van der Waals surface area contributed by atoms with Crippen LogP contribution in [0.5, 0.6) is 5.75 Å². The average molecular weight is 736 g/mol. The van der Waals surface area contributed by atoms with Crippen LogP contribution in [0.1, 0.15) is 68.5 Å². The topological polar surface area (TPSA) is 91.0 Å². The summed E-state index contributed by atoms with van der Waals surface area (Å²) in [5, 5.41) is 9.31. The van der Waals surface area contributed by atoms with Crippen LogP contribution in [-0.4, -0.2) is 75.5 Å². The van der Waals surface area contributed by atoms with Crippen molar-refractivity contribution in [2.24, 2.45) is 0 Å². The zero-order valence-electron chi connectivity index (χ0n) is 28.2. The molecule has 5 rings (SSSR count). The third-order valence-electron chi connectivity index (χ3n) is 9.09. The highest BCUT2D eigenvalue weighted by molar-refractivity contribution is 7.90. The largest absolute Gasteiger partial charge is 0.493 e. The van der Waals surface area contributed by atoms with Crippen molar-refractivity contribution in [1.29, 1.82) is 0 Å². The molecule has 2 N–H and O–H groups in total. The zero-order chi connectivity index (χ0) is 34.9. The molecule has 12 heteroatoms. The van der Waals surface area contributed by atoms with E-state index in [-0.39, 0.29) is 29.2 Å². The molecular formula is C36H45Cl3N4O4S. The number of ether oxygens (including phenoxy) is 1. The predicted octanol–water partition coefficient (Wildman–Crippen LogP) is 6.75. The van der Waals surface area contributed by atoms with Crippen molar-refractivity contribution in [3.63, 3.8) is 0 Å². The van der Waals surface area contributed by atoms with E-state index < -0.39 is 15.5 Å². The molecular weight excluding hydrogens is 691 g/mol. The first-order valence-corrected chi connectivity index (χ1v) is 19.5. The SMILES string of the molecule is CCOc1cc(C(C)(C)C)c(Cl)cc1C1(C(=O)N2CCN(CCCS(C)(=O)=O)CC2)N[C@H](c2ccc(Cl)cc2)[C@H](c2ccc(Cl)cc2)N1. The average Bonchev–Trinajstić information content (AvgIpc) is 3.43. The fourth-order valence-corrected chi connectivity index (χ4v) is 7.97. The van der Waals surface area contributed by atoms with Crippen molar-refractivity contribution in [3.05, 3.63) is 98.0 Å². The second kappa shape index (κ2) is 14.9. The van der Waals surface area contributed by atoms with Crippen molar-refractivity contribution in [2.45, 2.75) is 57.3 Å². The van der Waals surface area contributed by atoms with Gasteiger partial charge in [-0.25, -0.2) is 8.42 Å². The molecule has 0 radical (unpaired) electrons. The van der Waals surface area contributed by atoms with E-state index in [0.717, 1.165) is 16.7 Å². The van der Waals surface area contributed by atoms with Crippen molar-refractivity contribution in [1.82, 2.24) is 20.4 Å². The number of nitrogens with one attached hydrogen (secondary N) is 2. The highest BCUT2D eigenvalue weighted by atomic mass is 35.5. The fourth-order valence-electron chi connectivity index (χ4n) is 6.62. The number of benzene rings is 3. The lowest BCUT2D eigenvalue weighted by Gasteiger charge is -2.41. The van der Waals surface area contributed by atoms with Gasteiger partial charge in [0.1, 0.15) is 15.6 Å². The molecule has 2 heterocycles. The van der Waals surface area contributed by atoms with Crippen LogP contribution < -0.4 is 15.4 Å². The molecule has 8 nitrogen and oxygen atoms in total. The summed E-state index contributed by atoms with van der Waals surface area (Å²) in [6.45, 7) is 11.5. The Kier molecular flexibility index (Phi) is 11.4. The maximum absolute atomic E-state index is 15.1. The Morgan fingerprint density at radius 2 is 1.42 bits per heavy atom. The van der Waals surface area contributed by atoms with E-state index in [9.17, 15) is 8.42 Å². The number of piperazine rings is 1. The third-order valence-corrected chi connectivity index (χ3v) is 10.9. The fraction of sp³-hybridized carbons (Fsp3) is 0.472. The number of hydrogen-bond acceptors (Lipinski definition) is 7. The Labute approximate surface area is 300 Å². The number of halogens is 3. The summed E-state index contributed by atoms with van der Waals surface area (Å²) >= 11 is 19.7. The van der Waals surface area contributed by atoms with Gasteiger partial charge in [-0.05, 0) is 78.4 Å². The van der Waals surface area contributed by atoms with E-state index in [1.165, 1.54) is 6.26 Å². The maximum atomic E-state index is 15.1. The molecule has 3 aromatic carbocycles. The highest BCUT2D eigenvalue weighted by Gasteiger charge is 2.55. The Balaban J connectivity index is 1.60. The van der Waals surface area contributed by atoms with Crippen molar-refractivity contribution in [3.8, 4) is 5.75 Å². The van der Waals surface area contributed by atoms with Crippen LogP contribution in [0.3, 0.4) is 0 Å². The first-order valence-electron chi connectivity index (χ1n) is 16.3. The smallest absolute Gasteiger partial charge is 0.262 e. The lowest BCUT2D eigenvalue weighted by Crippen LogP contribution is -2.62. The van der Waals surface area contributed by atoms with Gasteiger partial charge < -0.3 is 9.64 Å². The summed E-state index contributed by atoms with van der Waals surface area (Å²) in [6.07, 6.45) is 1.82. The maximum Gasteiger partial charge on any atom is 0.262 e. The Morgan fingerprint density at radius 3 is 1.88 bits per heavy atom. The molecule has 48 heavy (non-hydrogen) atoms. The van der Waals surface area contributed by atoms with Crippen LogP contribution in [0, 0.1) is 0 Å². The van der Waals surface area contributed by atoms with Gasteiger partial charge in [0, 0.05) is 53.1 Å². The summed E-state index contributed by atoms with van der Waals surface area (Å²) < 4.78 is 29.7. The summed E-state index contributed by atoms with van der Waals surface area (Å²) in [7, 11) is -3.03. The normalized spacial score (nSPS) is 22.2. The molecule has 3 aromatic rings. The van der Waals surface area contributed by atoms with Gasteiger partial charge in [-0.3, -0.25) is 20.3 Å². The summed E-state index contributed by atoms with van der Waals surface area (Å²) in [4.78, 5) is 19.2. The number of rotatable bonds is 10. The molecule has 0 aliphatic carbocycles. The summed E-state index contributed by atoms with van der Waals surface area (Å²) in [6, 6.07) is 18.4. The lowest BCUT2D eigenvalue weighted by molar-refractivity contribution is -0.141. The second-order valence-corrected chi connectivity index (χ2v) is 17.3. The zero-order valence-corrected chi connectivity index (χ0v) is 31.2. The molecule has 2 saturated heterocycles. The van der Waals surface area contributed by atoms with Crippen molar-refractivity contribution < 1.29 is 17.9 Å². The van der Waals surface area contributed by atoms with Gasteiger partial charge in [0.2, 0.25) is 0 Å². The third kappa shape index (κ3) is 8.32. The minimum atomic E-state index is -3.03. The van der Waals surface area contributed by atoms with E-state index in [1.807, 2.05) is 72.5 Å². The van der Waals surface area contributed by atoms with Crippen LogP contribution in [0.2, 0.25) is 15.1 Å². The Bertz CT molecular complexity index is 1650. The van der Waals surface area contributed by atoms with Crippen molar-refractivity contribution in [2.75, 3.05) is 51.3 Å². The molecule has 2 fully saturated rings. The molecule has 0 saturated carbocycles. The van der Waals surface area contributed by atoms with E-state index >= 15 is 4.79 Å². The Morgan fingerprint density at radius 1 is 0.896 bits per heavy atom. The van der Waals surface area contributed by atoms with Gasteiger partial charge in [-0.2, -0.15) is 0 Å². The van der Waals surface area contributed by atoms with Crippen LogP contribution in [0.25, 0.3) is 0 Å². The van der Waals surface area contributed by atoms with Gasteiger partial charge in [0.25, 0.3) is 5.91 Å². The first-order chi connectivity index (χ1) is 22.6. The molecule has 1 amide bonds. The predicted molar refractivity (Wildman–Crippen MR) is 195 cm³/mol. The minimum absolute atomic E-state index is 0.144. The van der Waals surface area contributed by atoms with E-state index in [1.54, 1.807) is 0 Å². The Hall–Kier alpha value is -2.37. The molecule has 0 bridgehead atoms. The summed E-state index contributed by atoms with van der Waals surface area (Å²) in [5.74, 6) is 0.577. The minimum Gasteiger partial charge on any atom is -0.493 e. The van der Waals surface area contributed by atoms with Crippen LogP contribution in [0.4, 0.5) is 0 Å². The number of sulfone groups is 1. The molecule has 1 unspecified atom stereocenters. The summed E-state index contributed by atoms with van der Waals surface area (Å²) in [5.41, 5.74) is 1.75. The van der Waals surface area contributed by atoms with Crippen LogP contribution in [-0.2, 0) is 25.7 Å². The molecule has 2 aliphatic rings. The number of amides is 1. The quantitative estimate of drug-likeness (QED) is 0.238. The van der Waals surface area contributed by atoms with Gasteiger partial charge in [-0.15, -0.1) is 0 Å². The van der Waals surface area contributed by atoms with Crippen LogP contribution >= 0.6 is 34.8 Å².